The van der Waals surface area contributed by atoms with Gasteiger partial charge in [-0.15, -0.1) is 11.3 Å². The van der Waals surface area contributed by atoms with Crippen LogP contribution < -0.4 is 5.32 Å². The monoisotopic (exact) mass is 280 g/mol. The van der Waals surface area contributed by atoms with Crippen LogP contribution in [-0.2, 0) is 17.5 Å². The quantitative estimate of drug-likeness (QED) is 0.921. The van der Waals surface area contributed by atoms with Crippen LogP contribution in [0.3, 0.4) is 0 Å². The van der Waals surface area contributed by atoms with Gasteiger partial charge in [0.15, 0.2) is 5.69 Å². The Morgan fingerprint density at radius 1 is 1.50 bits per heavy atom. The number of hydrogen-bond acceptors (Lipinski definition) is 4. The highest BCUT2D eigenvalue weighted by Crippen LogP contribution is 2.38. The highest BCUT2D eigenvalue weighted by Gasteiger charge is 2.38. The smallest absolute Gasteiger partial charge is 0.381 e. The molecule has 0 spiro atoms. The summed E-state index contributed by atoms with van der Waals surface area (Å²) in [5.41, 5.74) is -0.740. The zero-order valence-corrected chi connectivity index (χ0v) is 10.8. The molecule has 1 fully saturated rings. The number of thiazole rings is 1. The summed E-state index contributed by atoms with van der Waals surface area (Å²) in [7, 11) is 0. The molecule has 1 aromatic heterocycles. The van der Waals surface area contributed by atoms with Crippen LogP contribution in [0, 0.1) is 0 Å². The zero-order chi connectivity index (χ0) is 13.2. The molecule has 3 nitrogen and oxygen atoms in total. The van der Waals surface area contributed by atoms with Gasteiger partial charge >= 0.3 is 6.18 Å². The van der Waals surface area contributed by atoms with E-state index in [1.54, 1.807) is 0 Å². The Hall–Kier alpha value is -0.660. The van der Waals surface area contributed by atoms with Gasteiger partial charge in [0.2, 0.25) is 0 Å². The lowest BCUT2D eigenvalue weighted by Gasteiger charge is -2.05. The van der Waals surface area contributed by atoms with Gasteiger partial charge in [-0.3, -0.25) is 0 Å². The van der Waals surface area contributed by atoms with Crippen molar-refractivity contribution in [3.63, 3.8) is 0 Å². The first-order chi connectivity index (χ1) is 8.52. The average molecular weight is 280 g/mol. The number of nitrogens with zero attached hydrogens (tertiary/aromatic N) is 1. The number of halogens is 3. The van der Waals surface area contributed by atoms with E-state index in [1.165, 1.54) is 0 Å². The Kier molecular flexibility index (Phi) is 4.24. The van der Waals surface area contributed by atoms with Gasteiger partial charge in [-0.2, -0.15) is 13.2 Å². The number of aromatic nitrogens is 1. The third-order valence-corrected chi connectivity index (χ3v) is 4.01. The molecule has 1 N–H and O–H groups in total. The summed E-state index contributed by atoms with van der Waals surface area (Å²) in [5, 5.41) is 3.47. The molecule has 0 bridgehead atoms. The lowest BCUT2D eigenvalue weighted by atomic mass is 10.1. The predicted octanol–water partition coefficient (Wildman–Crippen LogP) is 2.78. The van der Waals surface area contributed by atoms with E-state index in [9.17, 15) is 13.2 Å². The molecule has 102 valence electrons. The maximum absolute atomic E-state index is 12.9. The molecular formula is C11H15F3N2OS. The first-order valence-electron chi connectivity index (χ1n) is 5.87. The second-order valence-electron chi connectivity index (χ2n) is 4.16. The van der Waals surface area contributed by atoms with Gasteiger partial charge in [-0.05, 0) is 13.0 Å². The molecule has 0 aliphatic carbocycles. The first kappa shape index (κ1) is 13.8. The number of alkyl halides is 3. The topological polar surface area (TPSA) is 34.1 Å². The molecule has 1 saturated heterocycles. The molecule has 0 aromatic carbocycles. The number of ether oxygens (including phenoxy) is 1. The summed E-state index contributed by atoms with van der Waals surface area (Å²) in [6.45, 7) is 3.80. The van der Waals surface area contributed by atoms with Gasteiger partial charge in [0, 0.05) is 19.1 Å². The average Bonchev–Trinajstić information content (AvgIpc) is 2.93. The lowest BCUT2D eigenvalue weighted by molar-refractivity contribution is -0.141. The summed E-state index contributed by atoms with van der Waals surface area (Å²) < 4.78 is 43.8. The lowest BCUT2D eigenvalue weighted by Crippen LogP contribution is -2.15. The SMILES string of the molecule is CCNCc1sc(C2CCOC2)nc1C(F)(F)F. The van der Waals surface area contributed by atoms with E-state index >= 15 is 0 Å². The fourth-order valence-electron chi connectivity index (χ4n) is 1.85. The molecule has 0 saturated carbocycles. The van der Waals surface area contributed by atoms with Gasteiger partial charge in [0.25, 0.3) is 0 Å². The fourth-order valence-corrected chi connectivity index (χ4v) is 3.03. The Labute approximate surface area is 107 Å². The van der Waals surface area contributed by atoms with Crippen LogP contribution in [0.25, 0.3) is 0 Å². The van der Waals surface area contributed by atoms with E-state index in [2.05, 4.69) is 10.3 Å². The molecule has 1 unspecified atom stereocenters. The molecule has 1 aromatic rings. The van der Waals surface area contributed by atoms with Crippen molar-refractivity contribution in [3.8, 4) is 0 Å². The van der Waals surface area contributed by atoms with E-state index in [4.69, 9.17) is 4.74 Å². The van der Waals surface area contributed by atoms with E-state index < -0.39 is 11.9 Å². The molecule has 0 amide bonds. The predicted molar refractivity (Wildman–Crippen MR) is 62.7 cm³/mol. The van der Waals surface area contributed by atoms with Crippen LogP contribution in [0.15, 0.2) is 0 Å². The fraction of sp³-hybridized carbons (Fsp3) is 0.727. The molecule has 2 heterocycles. The van der Waals surface area contributed by atoms with E-state index in [0.29, 0.717) is 24.8 Å². The molecule has 1 aliphatic heterocycles. The van der Waals surface area contributed by atoms with Crippen molar-refractivity contribution in [2.24, 2.45) is 0 Å². The molecule has 1 atom stereocenters. The number of nitrogens with one attached hydrogen (secondary N) is 1. The number of hydrogen-bond donors (Lipinski definition) is 1. The van der Waals surface area contributed by atoms with Gasteiger partial charge in [0.1, 0.15) is 0 Å². The van der Waals surface area contributed by atoms with Crippen molar-refractivity contribution in [1.82, 2.24) is 10.3 Å². The minimum Gasteiger partial charge on any atom is -0.381 e. The second kappa shape index (κ2) is 5.54. The summed E-state index contributed by atoms with van der Waals surface area (Å²) >= 11 is 1.15. The van der Waals surface area contributed by atoms with E-state index in [0.717, 1.165) is 17.8 Å². The Bertz CT molecular complexity index is 399. The minimum atomic E-state index is -4.38. The van der Waals surface area contributed by atoms with Gasteiger partial charge in [-0.1, -0.05) is 6.92 Å². The van der Waals surface area contributed by atoms with E-state index in [-0.39, 0.29) is 17.3 Å². The third-order valence-electron chi connectivity index (χ3n) is 2.80. The summed E-state index contributed by atoms with van der Waals surface area (Å²) in [5.74, 6) is 0.0199. The highest BCUT2D eigenvalue weighted by atomic mass is 32.1. The number of rotatable bonds is 4. The molecular weight excluding hydrogens is 265 g/mol. The van der Waals surface area contributed by atoms with Crippen LogP contribution >= 0.6 is 11.3 Å². The van der Waals surface area contributed by atoms with E-state index in [1.807, 2.05) is 6.92 Å². The van der Waals surface area contributed by atoms with Crippen molar-refractivity contribution in [1.29, 1.82) is 0 Å². The molecule has 0 radical (unpaired) electrons. The zero-order valence-electron chi connectivity index (χ0n) is 10.0. The van der Waals surface area contributed by atoms with Crippen molar-refractivity contribution < 1.29 is 17.9 Å². The minimum absolute atomic E-state index is 0.0199. The summed E-state index contributed by atoms with van der Waals surface area (Å²) in [4.78, 5) is 4.06. The van der Waals surface area contributed by atoms with Crippen molar-refractivity contribution in [3.05, 3.63) is 15.6 Å². The largest absolute Gasteiger partial charge is 0.434 e. The normalized spacial score (nSPS) is 20.6. The van der Waals surface area contributed by atoms with Crippen LogP contribution in [0.2, 0.25) is 0 Å². The maximum Gasteiger partial charge on any atom is 0.434 e. The van der Waals surface area contributed by atoms with Crippen molar-refractivity contribution in [2.75, 3.05) is 19.8 Å². The first-order valence-corrected chi connectivity index (χ1v) is 6.69. The van der Waals surface area contributed by atoms with Crippen molar-refractivity contribution in [2.45, 2.75) is 32.0 Å². The van der Waals surface area contributed by atoms with Crippen molar-refractivity contribution >= 4 is 11.3 Å². The second-order valence-corrected chi connectivity index (χ2v) is 5.28. The molecule has 1 aliphatic rings. The Balaban J connectivity index is 2.24. The maximum atomic E-state index is 12.9. The Morgan fingerprint density at radius 2 is 2.28 bits per heavy atom. The Morgan fingerprint density at radius 3 is 2.83 bits per heavy atom. The van der Waals surface area contributed by atoms with Gasteiger partial charge < -0.3 is 10.1 Å². The highest BCUT2D eigenvalue weighted by molar-refractivity contribution is 7.11. The van der Waals surface area contributed by atoms with Crippen LogP contribution in [0.4, 0.5) is 13.2 Å². The van der Waals surface area contributed by atoms with Crippen LogP contribution in [0.5, 0.6) is 0 Å². The third kappa shape index (κ3) is 3.02. The van der Waals surface area contributed by atoms with Gasteiger partial charge in [0.05, 0.1) is 16.5 Å². The van der Waals surface area contributed by atoms with Gasteiger partial charge in [-0.25, -0.2) is 4.98 Å². The van der Waals surface area contributed by atoms with Crippen LogP contribution in [-0.4, -0.2) is 24.7 Å². The summed E-state index contributed by atoms with van der Waals surface area (Å²) in [6.07, 6.45) is -3.62. The molecule has 7 heteroatoms. The standard InChI is InChI=1S/C11H15F3N2OS/c1-2-15-5-8-9(11(12,13)14)16-10(18-8)7-3-4-17-6-7/h7,15H,2-6H2,1H3. The molecule has 2 rings (SSSR count). The van der Waals surface area contributed by atoms with Crippen LogP contribution in [0.1, 0.15) is 34.8 Å². The molecule has 18 heavy (non-hydrogen) atoms. The summed E-state index contributed by atoms with van der Waals surface area (Å²) in [6, 6.07) is 0.